The zero-order valence-corrected chi connectivity index (χ0v) is 8.99. The van der Waals surface area contributed by atoms with Gasteiger partial charge in [0.15, 0.2) is 0 Å². The summed E-state index contributed by atoms with van der Waals surface area (Å²) in [6, 6.07) is 5.48. The third-order valence-corrected chi connectivity index (χ3v) is 2.82. The molecule has 0 saturated heterocycles. The van der Waals surface area contributed by atoms with Gasteiger partial charge in [-0.1, -0.05) is 13.0 Å². The van der Waals surface area contributed by atoms with Gasteiger partial charge < -0.3 is 15.2 Å². The molecule has 1 aromatic carbocycles. The van der Waals surface area contributed by atoms with Crippen LogP contribution in [0.4, 0.5) is 0 Å². The van der Waals surface area contributed by atoms with E-state index < -0.39 is 0 Å². The summed E-state index contributed by atoms with van der Waals surface area (Å²) in [5.74, 6) is 1.56. The number of phenolic OH excluding ortho intramolecular Hbond substituents is 1. The summed E-state index contributed by atoms with van der Waals surface area (Å²) >= 11 is 0. The molecule has 0 aliphatic carbocycles. The number of ether oxygens (including phenoxy) is 1. The van der Waals surface area contributed by atoms with Crippen molar-refractivity contribution in [2.75, 3.05) is 19.7 Å². The Hall–Kier alpha value is -1.22. The van der Waals surface area contributed by atoms with Crippen LogP contribution < -0.4 is 10.1 Å². The van der Waals surface area contributed by atoms with Gasteiger partial charge in [-0.05, 0) is 25.1 Å². The van der Waals surface area contributed by atoms with Gasteiger partial charge in [-0.3, -0.25) is 0 Å². The summed E-state index contributed by atoms with van der Waals surface area (Å²) in [7, 11) is 0. The molecule has 82 valence electrons. The van der Waals surface area contributed by atoms with E-state index in [4.69, 9.17) is 4.74 Å². The molecule has 0 amide bonds. The molecule has 2 N–H and O–H groups in total. The Labute approximate surface area is 90.1 Å². The van der Waals surface area contributed by atoms with E-state index in [-0.39, 0.29) is 0 Å². The van der Waals surface area contributed by atoms with Gasteiger partial charge in [0.1, 0.15) is 11.5 Å². The Morgan fingerprint density at radius 2 is 2.40 bits per heavy atom. The number of fused-ring (bicyclic) bond motifs is 1. The molecule has 0 saturated carbocycles. The van der Waals surface area contributed by atoms with Crippen LogP contribution in [0.5, 0.6) is 11.5 Å². The molecule has 1 aliphatic heterocycles. The quantitative estimate of drug-likeness (QED) is 0.795. The van der Waals surface area contributed by atoms with Crippen molar-refractivity contribution in [1.29, 1.82) is 0 Å². The monoisotopic (exact) mass is 207 g/mol. The molecule has 0 spiro atoms. The number of likely N-dealkylation sites (N-methyl/N-ethyl adjacent to an activating group) is 1. The second-order valence-corrected chi connectivity index (χ2v) is 3.83. The minimum absolute atomic E-state index is 0.357. The second-order valence-electron chi connectivity index (χ2n) is 3.83. The SMILES string of the molecule is CCNCC1CCOc2cccc(O)c21. The van der Waals surface area contributed by atoms with Gasteiger partial charge in [-0.25, -0.2) is 0 Å². The van der Waals surface area contributed by atoms with Crippen LogP contribution in [0.3, 0.4) is 0 Å². The number of nitrogens with one attached hydrogen (secondary N) is 1. The number of rotatable bonds is 3. The fraction of sp³-hybridized carbons (Fsp3) is 0.500. The average molecular weight is 207 g/mol. The summed E-state index contributed by atoms with van der Waals surface area (Å²) in [5.41, 5.74) is 0.963. The molecule has 1 heterocycles. The van der Waals surface area contributed by atoms with E-state index in [0.717, 1.165) is 37.4 Å². The maximum Gasteiger partial charge on any atom is 0.126 e. The fourth-order valence-corrected chi connectivity index (χ4v) is 2.05. The minimum Gasteiger partial charge on any atom is -0.508 e. The van der Waals surface area contributed by atoms with Gasteiger partial charge in [0, 0.05) is 18.0 Å². The van der Waals surface area contributed by atoms with Crippen LogP contribution in [-0.2, 0) is 0 Å². The molecule has 3 heteroatoms. The third kappa shape index (κ3) is 2.07. The molecule has 0 fully saturated rings. The highest BCUT2D eigenvalue weighted by molar-refractivity contribution is 5.47. The van der Waals surface area contributed by atoms with Crippen LogP contribution in [-0.4, -0.2) is 24.8 Å². The van der Waals surface area contributed by atoms with Crippen molar-refractivity contribution in [2.45, 2.75) is 19.3 Å². The van der Waals surface area contributed by atoms with Crippen molar-refractivity contribution in [2.24, 2.45) is 0 Å². The summed E-state index contributed by atoms with van der Waals surface area (Å²) in [6.45, 7) is 4.70. The first kappa shape index (κ1) is 10.3. The van der Waals surface area contributed by atoms with Crippen LogP contribution in [0.25, 0.3) is 0 Å². The van der Waals surface area contributed by atoms with E-state index in [9.17, 15) is 5.11 Å². The molecular weight excluding hydrogens is 190 g/mol. The lowest BCUT2D eigenvalue weighted by atomic mass is 9.92. The largest absolute Gasteiger partial charge is 0.508 e. The highest BCUT2D eigenvalue weighted by atomic mass is 16.5. The van der Waals surface area contributed by atoms with E-state index >= 15 is 0 Å². The normalized spacial score (nSPS) is 19.4. The first-order chi connectivity index (χ1) is 7.33. The molecule has 15 heavy (non-hydrogen) atoms. The zero-order chi connectivity index (χ0) is 10.7. The van der Waals surface area contributed by atoms with Crippen LogP contribution in [0.2, 0.25) is 0 Å². The number of hydrogen-bond donors (Lipinski definition) is 2. The van der Waals surface area contributed by atoms with Crippen molar-refractivity contribution in [3.05, 3.63) is 23.8 Å². The highest BCUT2D eigenvalue weighted by Crippen LogP contribution is 2.39. The molecule has 0 radical (unpaired) electrons. The van der Waals surface area contributed by atoms with E-state index in [0.29, 0.717) is 11.7 Å². The van der Waals surface area contributed by atoms with Crippen LogP contribution >= 0.6 is 0 Å². The van der Waals surface area contributed by atoms with E-state index in [1.54, 1.807) is 6.07 Å². The van der Waals surface area contributed by atoms with E-state index in [1.807, 2.05) is 12.1 Å². The lowest BCUT2D eigenvalue weighted by molar-refractivity contribution is 0.260. The fourth-order valence-electron chi connectivity index (χ4n) is 2.05. The van der Waals surface area contributed by atoms with Crippen LogP contribution in [0.15, 0.2) is 18.2 Å². The predicted molar refractivity (Wildman–Crippen MR) is 59.5 cm³/mol. The number of phenols is 1. The van der Waals surface area contributed by atoms with Crippen LogP contribution in [0, 0.1) is 0 Å². The Kier molecular flexibility index (Phi) is 3.11. The third-order valence-electron chi connectivity index (χ3n) is 2.82. The molecule has 0 bridgehead atoms. The van der Waals surface area contributed by atoms with Crippen molar-refractivity contribution in [3.63, 3.8) is 0 Å². The molecule has 2 rings (SSSR count). The molecule has 0 aromatic heterocycles. The standard InChI is InChI=1S/C12H17NO2/c1-2-13-8-9-6-7-15-11-5-3-4-10(14)12(9)11/h3-5,9,13-14H,2,6-8H2,1H3. The van der Waals surface area contributed by atoms with E-state index in [1.165, 1.54) is 0 Å². The number of aromatic hydroxyl groups is 1. The summed E-state index contributed by atoms with van der Waals surface area (Å²) < 4.78 is 5.53. The number of hydrogen-bond acceptors (Lipinski definition) is 3. The Balaban J connectivity index is 2.24. The molecular formula is C12H17NO2. The van der Waals surface area contributed by atoms with Crippen molar-refractivity contribution in [1.82, 2.24) is 5.32 Å². The number of benzene rings is 1. The van der Waals surface area contributed by atoms with Crippen molar-refractivity contribution < 1.29 is 9.84 Å². The Morgan fingerprint density at radius 1 is 1.53 bits per heavy atom. The molecule has 1 aromatic rings. The average Bonchev–Trinajstić information content (AvgIpc) is 2.26. The van der Waals surface area contributed by atoms with Crippen molar-refractivity contribution in [3.8, 4) is 11.5 Å². The maximum absolute atomic E-state index is 9.82. The van der Waals surface area contributed by atoms with Gasteiger partial charge in [0.25, 0.3) is 0 Å². The molecule has 1 unspecified atom stereocenters. The van der Waals surface area contributed by atoms with Crippen molar-refractivity contribution >= 4 is 0 Å². The van der Waals surface area contributed by atoms with E-state index in [2.05, 4.69) is 12.2 Å². The smallest absolute Gasteiger partial charge is 0.126 e. The first-order valence-electron chi connectivity index (χ1n) is 5.48. The predicted octanol–water partition coefficient (Wildman–Crippen LogP) is 1.87. The Morgan fingerprint density at radius 3 is 3.20 bits per heavy atom. The summed E-state index contributed by atoms with van der Waals surface area (Å²) in [5, 5.41) is 13.1. The lowest BCUT2D eigenvalue weighted by Gasteiger charge is -2.26. The second kappa shape index (κ2) is 4.53. The maximum atomic E-state index is 9.82. The van der Waals surface area contributed by atoms with Crippen LogP contribution in [0.1, 0.15) is 24.8 Å². The van der Waals surface area contributed by atoms with Gasteiger partial charge in [-0.2, -0.15) is 0 Å². The summed E-state index contributed by atoms with van der Waals surface area (Å²) in [6.07, 6.45) is 0.970. The summed E-state index contributed by atoms with van der Waals surface area (Å²) in [4.78, 5) is 0. The van der Waals surface area contributed by atoms with Gasteiger partial charge in [0.2, 0.25) is 0 Å². The first-order valence-corrected chi connectivity index (χ1v) is 5.48. The lowest BCUT2D eigenvalue weighted by Crippen LogP contribution is -2.25. The topological polar surface area (TPSA) is 41.5 Å². The minimum atomic E-state index is 0.357. The molecule has 1 atom stereocenters. The molecule has 3 nitrogen and oxygen atoms in total. The molecule has 1 aliphatic rings. The Bertz CT molecular complexity index is 338. The zero-order valence-electron chi connectivity index (χ0n) is 8.99. The van der Waals surface area contributed by atoms with Gasteiger partial charge in [-0.15, -0.1) is 0 Å². The van der Waals surface area contributed by atoms with Gasteiger partial charge >= 0.3 is 0 Å². The van der Waals surface area contributed by atoms with Gasteiger partial charge in [0.05, 0.1) is 6.61 Å². The highest BCUT2D eigenvalue weighted by Gasteiger charge is 2.23.